The van der Waals surface area contributed by atoms with Gasteiger partial charge in [0.2, 0.25) is 0 Å². The highest BCUT2D eigenvalue weighted by molar-refractivity contribution is 7.15. The second-order valence-corrected chi connectivity index (χ2v) is 6.64. The molecule has 3 heterocycles. The fourth-order valence-corrected chi connectivity index (χ4v) is 4.12. The Balaban J connectivity index is 2.25. The predicted octanol–water partition coefficient (Wildman–Crippen LogP) is 3.75. The molecule has 0 aromatic carbocycles. The van der Waals surface area contributed by atoms with Gasteiger partial charge in [0.05, 0.1) is 10.6 Å². The molecule has 0 bridgehead atoms. The molecular weight excluding hydrogens is 274 g/mol. The SMILES string of the molecule is CC(C)c1csc2nc(-c3cccs3)c(CCN)n12. The van der Waals surface area contributed by atoms with Crippen molar-refractivity contribution in [2.45, 2.75) is 26.2 Å². The maximum Gasteiger partial charge on any atom is 0.194 e. The van der Waals surface area contributed by atoms with Gasteiger partial charge < -0.3 is 5.73 Å². The zero-order chi connectivity index (χ0) is 13.4. The number of imidazole rings is 1. The summed E-state index contributed by atoms with van der Waals surface area (Å²) >= 11 is 3.45. The van der Waals surface area contributed by atoms with Crippen molar-refractivity contribution >= 4 is 27.6 Å². The van der Waals surface area contributed by atoms with Crippen LogP contribution in [0.3, 0.4) is 0 Å². The summed E-state index contributed by atoms with van der Waals surface area (Å²) in [5, 5.41) is 4.31. The number of aromatic nitrogens is 2. The minimum atomic E-state index is 0.496. The quantitative estimate of drug-likeness (QED) is 0.795. The van der Waals surface area contributed by atoms with Crippen molar-refractivity contribution in [3.63, 3.8) is 0 Å². The van der Waals surface area contributed by atoms with E-state index in [0.29, 0.717) is 12.5 Å². The van der Waals surface area contributed by atoms with Gasteiger partial charge in [-0.05, 0) is 23.9 Å². The zero-order valence-corrected chi connectivity index (χ0v) is 12.7. The van der Waals surface area contributed by atoms with Crippen molar-refractivity contribution < 1.29 is 0 Å². The molecule has 0 saturated heterocycles. The van der Waals surface area contributed by atoms with Gasteiger partial charge in [-0.15, -0.1) is 22.7 Å². The molecule has 19 heavy (non-hydrogen) atoms. The molecular formula is C14H17N3S2. The third-order valence-corrected chi connectivity index (χ3v) is 4.93. The lowest BCUT2D eigenvalue weighted by Gasteiger charge is -2.07. The summed E-state index contributed by atoms with van der Waals surface area (Å²) in [6, 6.07) is 4.20. The summed E-state index contributed by atoms with van der Waals surface area (Å²) in [5.41, 5.74) is 9.49. The molecule has 5 heteroatoms. The van der Waals surface area contributed by atoms with Gasteiger partial charge in [0.1, 0.15) is 5.69 Å². The fraction of sp³-hybridized carbons (Fsp3) is 0.357. The first kappa shape index (κ1) is 12.8. The van der Waals surface area contributed by atoms with Crippen molar-refractivity contribution in [1.29, 1.82) is 0 Å². The molecule has 0 saturated carbocycles. The Morgan fingerprint density at radius 2 is 2.21 bits per heavy atom. The average molecular weight is 291 g/mol. The Morgan fingerprint density at radius 1 is 1.37 bits per heavy atom. The second kappa shape index (κ2) is 5.07. The number of rotatable bonds is 4. The number of fused-ring (bicyclic) bond motifs is 1. The van der Waals surface area contributed by atoms with Crippen molar-refractivity contribution in [3.05, 3.63) is 34.3 Å². The van der Waals surface area contributed by atoms with Crippen LogP contribution in [0.1, 0.15) is 31.2 Å². The highest BCUT2D eigenvalue weighted by atomic mass is 32.1. The van der Waals surface area contributed by atoms with Gasteiger partial charge in [0.15, 0.2) is 4.96 Å². The molecule has 3 nitrogen and oxygen atoms in total. The zero-order valence-electron chi connectivity index (χ0n) is 11.1. The Kier molecular flexibility index (Phi) is 3.43. The highest BCUT2D eigenvalue weighted by Crippen LogP contribution is 2.33. The molecule has 0 spiro atoms. The lowest BCUT2D eigenvalue weighted by molar-refractivity contribution is 0.786. The number of nitrogens with two attached hydrogens (primary N) is 1. The van der Waals surface area contributed by atoms with Crippen LogP contribution < -0.4 is 5.73 Å². The third-order valence-electron chi connectivity index (χ3n) is 3.21. The number of nitrogens with zero attached hydrogens (tertiary/aromatic N) is 2. The Labute approximate surface area is 120 Å². The molecule has 0 aliphatic heterocycles. The Hall–Kier alpha value is -1.17. The van der Waals surface area contributed by atoms with Crippen LogP contribution in [0.15, 0.2) is 22.9 Å². The minimum absolute atomic E-state index is 0.496. The van der Waals surface area contributed by atoms with E-state index in [4.69, 9.17) is 10.7 Å². The molecule has 3 aromatic heterocycles. The summed E-state index contributed by atoms with van der Waals surface area (Å²) < 4.78 is 2.30. The first-order valence-electron chi connectivity index (χ1n) is 6.45. The summed E-state index contributed by atoms with van der Waals surface area (Å²) in [6.45, 7) is 5.09. The molecule has 0 aliphatic rings. The average Bonchev–Trinajstić information content (AvgIpc) is 3.04. The maximum absolute atomic E-state index is 5.79. The van der Waals surface area contributed by atoms with E-state index in [9.17, 15) is 0 Å². The smallest absolute Gasteiger partial charge is 0.194 e. The number of hydrogen-bond acceptors (Lipinski definition) is 4. The number of hydrogen-bond donors (Lipinski definition) is 1. The van der Waals surface area contributed by atoms with Gasteiger partial charge >= 0.3 is 0 Å². The maximum atomic E-state index is 5.79. The molecule has 3 aromatic rings. The van der Waals surface area contributed by atoms with Gasteiger partial charge in [0, 0.05) is 17.5 Å². The largest absolute Gasteiger partial charge is 0.330 e. The van der Waals surface area contributed by atoms with E-state index in [1.54, 1.807) is 22.7 Å². The van der Waals surface area contributed by atoms with Crippen LogP contribution in [0.5, 0.6) is 0 Å². The van der Waals surface area contributed by atoms with Crippen LogP contribution in [0.2, 0.25) is 0 Å². The first-order valence-corrected chi connectivity index (χ1v) is 8.21. The Bertz CT molecular complexity index is 677. The van der Waals surface area contributed by atoms with E-state index in [-0.39, 0.29) is 0 Å². The minimum Gasteiger partial charge on any atom is -0.330 e. The van der Waals surface area contributed by atoms with Crippen molar-refractivity contribution in [1.82, 2.24) is 9.38 Å². The molecule has 100 valence electrons. The predicted molar refractivity (Wildman–Crippen MR) is 83.2 cm³/mol. The lowest BCUT2D eigenvalue weighted by Crippen LogP contribution is -2.07. The third kappa shape index (κ3) is 2.12. The van der Waals surface area contributed by atoms with E-state index < -0.39 is 0 Å². The van der Waals surface area contributed by atoms with E-state index >= 15 is 0 Å². The van der Waals surface area contributed by atoms with Crippen LogP contribution in [0, 0.1) is 0 Å². The van der Waals surface area contributed by atoms with Crippen LogP contribution in [-0.4, -0.2) is 15.9 Å². The summed E-state index contributed by atoms with van der Waals surface area (Å²) in [4.78, 5) is 7.12. The van der Waals surface area contributed by atoms with Crippen LogP contribution in [0.25, 0.3) is 15.5 Å². The highest BCUT2D eigenvalue weighted by Gasteiger charge is 2.19. The molecule has 3 rings (SSSR count). The molecule has 0 atom stereocenters. The van der Waals surface area contributed by atoms with Crippen LogP contribution in [-0.2, 0) is 6.42 Å². The summed E-state index contributed by atoms with van der Waals surface area (Å²) in [6.07, 6.45) is 0.866. The molecule has 0 unspecified atom stereocenters. The molecule has 0 amide bonds. The van der Waals surface area contributed by atoms with Crippen molar-refractivity contribution in [3.8, 4) is 10.6 Å². The van der Waals surface area contributed by atoms with Crippen molar-refractivity contribution in [2.24, 2.45) is 5.73 Å². The Morgan fingerprint density at radius 3 is 2.84 bits per heavy atom. The molecule has 0 radical (unpaired) electrons. The normalized spacial score (nSPS) is 11.8. The molecule has 0 fully saturated rings. The van der Waals surface area contributed by atoms with E-state index in [1.165, 1.54) is 16.3 Å². The summed E-state index contributed by atoms with van der Waals surface area (Å²) in [7, 11) is 0. The van der Waals surface area contributed by atoms with Gasteiger partial charge in [0.25, 0.3) is 0 Å². The number of thiazole rings is 1. The monoisotopic (exact) mass is 291 g/mol. The van der Waals surface area contributed by atoms with Gasteiger partial charge in [-0.2, -0.15) is 0 Å². The van der Waals surface area contributed by atoms with Crippen molar-refractivity contribution in [2.75, 3.05) is 6.54 Å². The van der Waals surface area contributed by atoms with Gasteiger partial charge in [-0.1, -0.05) is 19.9 Å². The topological polar surface area (TPSA) is 43.3 Å². The second-order valence-electron chi connectivity index (χ2n) is 4.86. The van der Waals surface area contributed by atoms with Gasteiger partial charge in [-0.3, -0.25) is 4.40 Å². The molecule has 0 aliphatic carbocycles. The van der Waals surface area contributed by atoms with Crippen LogP contribution in [0.4, 0.5) is 0 Å². The molecule has 2 N–H and O–H groups in total. The number of thiophene rings is 1. The first-order chi connectivity index (χ1) is 9.22. The van der Waals surface area contributed by atoms with E-state index in [0.717, 1.165) is 17.1 Å². The van der Waals surface area contributed by atoms with Crippen LogP contribution >= 0.6 is 22.7 Å². The summed E-state index contributed by atoms with van der Waals surface area (Å²) in [5.74, 6) is 0.496. The van der Waals surface area contributed by atoms with E-state index in [2.05, 4.69) is 41.1 Å². The van der Waals surface area contributed by atoms with E-state index in [1.807, 2.05) is 0 Å². The lowest BCUT2D eigenvalue weighted by atomic mass is 10.1. The standard InChI is InChI=1S/C14H17N3S2/c1-9(2)11-8-19-14-16-13(12-4-3-7-18-12)10(5-6-15)17(11)14/h3-4,7-9H,5-6,15H2,1-2H3. The fourth-order valence-electron chi connectivity index (χ4n) is 2.31. The van der Waals surface area contributed by atoms with Gasteiger partial charge in [-0.25, -0.2) is 4.98 Å².